The van der Waals surface area contributed by atoms with Crippen molar-refractivity contribution >= 4 is 5.82 Å². The van der Waals surface area contributed by atoms with E-state index in [-0.39, 0.29) is 0 Å². The molecule has 1 aromatic heterocycles. The van der Waals surface area contributed by atoms with Crippen LogP contribution in [0.2, 0.25) is 0 Å². The van der Waals surface area contributed by atoms with Crippen LogP contribution in [0.5, 0.6) is 0 Å². The summed E-state index contributed by atoms with van der Waals surface area (Å²) in [5, 5.41) is 0. The molecular weight excluding hydrogens is 136 g/mol. The maximum Gasteiger partial charge on any atom is 0.139 e. The van der Waals surface area contributed by atoms with Crippen molar-refractivity contribution in [1.82, 2.24) is 4.98 Å². The number of aromatic nitrogens is 1. The Kier molecular flexibility index (Phi) is 2.12. The number of anilines is 1. The van der Waals surface area contributed by atoms with E-state index < -0.39 is 0 Å². The molecule has 11 heavy (non-hydrogen) atoms. The van der Waals surface area contributed by atoms with Crippen molar-refractivity contribution in [1.29, 1.82) is 0 Å². The number of nitrogens with zero attached hydrogens (tertiary/aromatic N) is 1. The molecule has 1 rings (SSSR count). The van der Waals surface area contributed by atoms with E-state index >= 15 is 0 Å². The maximum atomic E-state index is 5.56. The summed E-state index contributed by atoms with van der Waals surface area (Å²) >= 11 is 0. The van der Waals surface area contributed by atoms with Crippen molar-refractivity contribution in [3.8, 4) is 11.8 Å². The Labute approximate surface area is 66.4 Å². The second-order valence-electron chi connectivity index (χ2n) is 2.32. The van der Waals surface area contributed by atoms with Gasteiger partial charge < -0.3 is 5.73 Å². The zero-order valence-corrected chi connectivity index (χ0v) is 6.68. The first-order valence-corrected chi connectivity index (χ1v) is 3.39. The standard InChI is InChI=1S/C9H10N2/c1-3-4-8-5-7(2)6-11-9(8)10/h5-6H,1-2H3,(H2,10,11). The molecule has 1 heterocycles. The second kappa shape index (κ2) is 3.07. The van der Waals surface area contributed by atoms with E-state index in [0.29, 0.717) is 5.82 Å². The van der Waals surface area contributed by atoms with Crippen molar-refractivity contribution in [2.45, 2.75) is 13.8 Å². The third-order valence-electron chi connectivity index (χ3n) is 1.31. The van der Waals surface area contributed by atoms with E-state index in [9.17, 15) is 0 Å². The number of rotatable bonds is 0. The summed E-state index contributed by atoms with van der Waals surface area (Å²) in [6.45, 7) is 3.75. The predicted molar refractivity (Wildman–Crippen MR) is 45.9 cm³/mol. The summed E-state index contributed by atoms with van der Waals surface area (Å²) in [6.07, 6.45) is 1.73. The summed E-state index contributed by atoms with van der Waals surface area (Å²) < 4.78 is 0. The average Bonchev–Trinajstić information content (AvgIpc) is 1.98. The van der Waals surface area contributed by atoms with Crippen LogP contribution >= 0.6 is 0 Å². The van der Waals surface area contributed by atoms with E-state index in [0.717, 1.165) is 11.1 Å². The Morgan fingerprint density at radius 1 is 1.55 bits per heavy atom. The highest BCUT2D eigenvalue weighted by Gasteiger charge is 1.95. The second-order valence-corrected chi connectivity index (χ2v) is 2.32. The van der Waals surface area contributed by atoms with Gasteiger partial charge in [-0.3, -0.25) is 0 Å². The van der Waals surface area contributed by atoms with Gasteiger partial charge in [-0.15, -0.1) is 5.92 Å². The van der Waals surface area contributed by atoms with Gasteiger partial charge in [-0.2, -0.15) is 0 Å². The molecule has 56 valence electrons. The molecule has 0 spiro atoms. The molecule has 0 atom stereocenters. The van der Waals surface area contributed by atoms with Gasteiger partial charge in [-0.05, 0) is 25.5 Å². The van der Waals surface area contributed by atoms with Crippen molar-refractivity contribution in [3.05, 3.63) is 23.4 Å². The first-order valence-electron chi connectivity index (χ1n) is 3.39. The summed E-state index contributed by atoms with van der Waals surface area (Å²) in [4.78, 5) is 3.97. The van der Waals surface area contributed by atoms with Crippen LogP contribution in [0.15, 0.2) is 12.3 Å². The molecule has 0 aliphatic carbocycles. The Morgan fingerprint density at radius 3 is 2.91 bits per heavy atom. The minimum Gasteiger partial charge on any atom is -0.383 e. The molecular formula is C9H10N2. The molecule has 1 aromatic rings. The molecule has 2 nitrogen and oxygen atoms in total. The lowest BCUT2D eigenvalue weighted by Crippen LogP contribution is -1.94. The smallest absolute Gasteiger partial charge is 0.139 e. The highest BCUT2D eigenvalue weighted by atomic mass is 14.8. The van der Waals surface area contributed by atoms with Gasteiger partial charge in [-0.25, -0.2) is 4.98 Å². The lowest BCUT2D eigenvalue weighted by Gasteiger charge is -1.96. The van der Waals surface area contributed by atoms with Crippen LogP contribution in [0.4, 0.5) is 5.82 Å². The molecule has 0 aliphatic rings. The first-order chi connectivity index (χ1) is 5.24. The quantitative estimate of drug-likeness (QED) is 0.561. The predicted octanol–water partition coefficient (Wildman–Crippen LogP) is 1.34. The fourth-order valence-electron chi connectivity index (χ4n) is 0.815. The van der Waals surface area contributed by atoms with Crippen molar-refractivity contribution < 1.29 is 0 Å². The normalized spacial score (nSPS) is 8.55. The van der Waals surface area contributed by atoms with E-state index in [4.69, 9.17) is 5.73 Å². The molecule has 0 saturated carbocycles. The van der Waals surface area contributed by atoms with Crippen LogP contribution in [0.1, 0.15) is 18.1 Å². The molecule has 0 unspecified atom stereocenters. The van der Waals surface area contributed by atoms with E-state index in [1.165, 1.54) is 0 Å². The van der Waals surface area contributed by atoms with Crippen molar-refractivity contribution in [2.75, 3.05) is 5.73 Å². The van der Waals surface area contributed by atoms with Crippen LogP contribution < -0.4 is 5.73 Å². The lowest BCUT2D eigenvalue weighted by atomic mass is 10.2. The third kappa shape index (κ3) is 1.71. The number of hydrogen-bond donors (Lipinski definition) is 1. The van der Waals surface area contributed by atoms with Gasteiger partial charge in [0.15, 0.2) is 0 Å². The maximum absolute atomic E-state index is 5.56. The summed E-state index contributed by atoms with van der Waals surface area (Å²) in [5.41, 5.74) is 7.45. The largest absolute Gasteiger partial charge is 0.383 e. The number of pyridine rings is 1. The van der Waals surface area contributed by atoms with Gasteiger partial charge in [0.1, 0.15) is 5.82 Å². The fraction of sp³-hybridized carbons (Fsp3) is 0.222. The highest BCUT2D eigenvalue weighted by Crippen LogP contribution is 2.07. The van der Waals surface area contributed by atoms with Gasteiger partial charge in [-0.1, -0.05) is 5.92 Å². The third-order valence-corrected chi connectivity index (χ3v) is 1.31. The van der Waals surface area contributed by atoms with Gasteiger partial charge in [0, 0.05) is 6.20 Å². The fourth-order valence-corrected chi connectivity index (χ4v) is 0.815. The summed E-state index contributed by atoms with van der Waals surface area (Å²) in [6, 6.07) is 1.93. The minimum atomic E-state index is 0.505. The van der Waals surface area contributed by atoms with Gasteiger partial charge >= 0.3 is 0 Å². The lowest BCUT2D eigenvalue weighted by molar-refractivity contribution is 1.26. The van der Waals surface area contributed by atoms with Gasteiger partial charge in [0.25, 0.3) is 0 Å². The van der Waals surface area contributed by atoms with E-state index in [2.05, 4.69) is 16.8 Å². The summed E-state index contributed by atoms with van der Waals surface area (Å²) in [7, 11) is 0. The minimum absolute atomic E-state index is 0.505. The number of nitrogen functional groups attached to an aromatic ring is 1. The van der Waals surface area contributed by atoms with E-state index in [1.54, 1.807) is 13.1 Å². The number of hydrogen-bond acceptors (Lipinski definition) is 2. The Balaban J connectivity index is 3.19. The SMILES string of the molecule is CC#Cc1cc(C)cnc1N. The zero-order valence-electron chi connectivity index (χ0n) is 6.68. The van der Waals surface area contributed by atoms with Crippen LogP contribution in [-0.2, 0) is 0 Å². The molecule has 0 aromatic carbocycles. The van der Waals surface area contributed by atoms with Gasteiger partial charge in [0.2, 0.25) is 0 Å². The van der Waals surface area contributed by atoms with Crippen LogP contribution in [0.3, 0.4) is 0 Å². The topological polar surface area (TPSA) is 38.9 Å². The van der Waals surface area contributed by atoms with Gasteiger partial charge in [0.05, 0.1) is 5.56 Å². The molecule has 0 bridgehead atoms. The molecule has 0 amide bonds. The highest BCUT2D eigenvalue weighted by molar-refractivity contribution is 5.51. The molecule has 0 fully saturated rings. The van der Waals surface area contributed by atoms with E-state index in [1.807, 2.05) is 13.0 Å². The van der Waals surface area contributed by atoms with Crippen LogP contribution in [-0.4, -0.2) is 4.98 Å². The van der Waals surface area contributed by atoms with Crippen LogP contribution in [0.25, 0.3) is 0 Å². The number of nitrogens with two attached hydrogens (primary N) is 1. The molecule has 2 N–H and O–H groups in total. The average molecular weight is 146 g/mol. The monoisotopic (exact) mass is 146 g/mol. The van der Waals surface area contributed by atoms with Crippen LogP contribution in [0, 0.1) is 18.8 Å². The number of aryl methyl sites for hydroxylation is 1. The molecule has 0 aliphatic heterocycles. The zero-order chi connectivity index (χ0) is 8.27. The summed E-state index contributed by atoms with van der Waals surface area (Å²) in [5.74, 6) is 6.17. The Morgan fingerprint density at radius 2 is 2.27 bits per heavy atom. The molecule has 0 saturated heterocycles. The van der Waals surface area contributed by atoms with Crippen molar-refractivity contribution in [3.63, 3.8) is 0 Å². The molecule has 0 radical (unpaired) electrons. The Hall–Kier alpha value is -1.49. The Bertz CT molecular complexity index is 318. The first kappa shape index (κ1) is 7.62. The van der Waals surface area contributed by atoms with Crippen molar-refractivity contribution in [2.24, 2.45) is 0 Å². The molecule has 2 heteroatoms.